The zero-order chi connectivity index (χ0) is 19.7. The van der Waals surface area contributed by atoms with Crippen molar-refractivity contribution in [2.24, 2.45) is 7.05 Å². The van der Waals surface area contributed by atoms with Crippen molar-refractivity contribution in [3.8, 4) is 5.75 Å². The van der Waals surface area contributed by atoms with Crippen LogP contribution in [0.15, 0.2) is 24.3 Å². The van der Waals surface area contributed by atoms with Gasteiger partial charge in [-0.2, -0.15) is 5.10 Å². The molecular weight excluding hydrogens is 364 g/mol. The van der Waals surface area contributed by atoms with Gasteiger partial charge in [0.1, 0.15) is 10.6 Å². The van der Waals surface area contributed by atoms with Crippen molar-refractivity contribution in [3.05, 3.63) is 46.0 Å². The summed E-state index contributed by atoms with van der Waals surface area (Å²) in [6.45, 7) is 7.45. The van der Waals surface area contributed by atoms with Crippen LogP contribution in [-0.4, -0.2) is 27.7 Å². The van der Waals surface area contributed by atoms with Crippen LogP contribution in [0.1, 0.15) is 33.4 Å². The first-order valence-electron chi connectivity index (χ1n) is 8.54. The summed E-state index contributed by atoms with van der Waals surface area (Å²) in [5, 5.41) is 5.25. The van der Waals surface area contributed by atoms with Crippen LogP contribution >= 0.6 is 11.3 Å². The molecule has 142 valence electrons. The second-order valence-corrected chi connectivity index (χ2v) is 7.47. The molecule has 1 aromatic carbocycles. The largest absolute Gasteiger partial charge is 0.481 e. The summed E-state index contributed by atoms with van der Waals surface area (Å²) in [4.78, 5) is 26.0. The normalized spacial score (nSPS) is 12.0. The lowest BCUT2D eigenvalue weighted by molar-refractivity contribution is -0.128. The van der Waals surface area contributed by atoms with E-state index in [1.54, 1.807) is 17.7 Å². The van der Waals surface area contributed by atoms with Gasteiger partial charge in [0.2, 0.25) is 0 Å². The van der Waals surface area contributed by atoms with Gasteiger partial charge in [-0.15, -0.1) is 11.3 Å². The molecule has 0 saturated carbocycles. The zero-order valence-electron chi connectivity index (χ0n) is 15.9. The lowest BCUT2D eigenvalue weighted by atomic mass is 10.1. The van der Waals surface area contributed by atoms with Crippen LogP contribution in [0.3, 0.4) is 0 Å². The number of nitrogens with one attached hydrogen (secondary N) is 2. The lowest BCUT2D eigenvalue weighted by Gasteiger charge is -2.17. The van der Waals surface area contributed by atoms with Crippen molar-refractivity contribution in [1.82, 2.24) is 20.6 Å². The molecule has 2 N–H and O–H groups in total. The van der Waals surface area contributed by atoms with Gasteiger partial charge in [-0.25, -0.2) is 0 Å². The molecule has 0 aliphatic rings. The Labute approximate surface area is 161 Å². The standard InChI is InChI=1S/C19H22N4O3S/c1-10-7-6-8-15(11(10)2)26-13(4)17(24)20-21-18(25)16-9-14-12(3)22-23(5)19(14)27-16/h6-9,13H,1-5H3,(H,20,24)(H,21,25). The second kappa shape index (κ2) is 7.40. The van der Waals surface area contributed by atoms with E-state index in [-0.39, 0.29) is 5.91 Å². The Bertz CT molecular complexity index is 987. The molecule has 0 aliphatic carbocycles. The van der Waals surface area contributed by atoms with Gasteiger partial charge in [0.25, 0.3) is 11.8 Å². The number of carbonyl (C=O) groups is 2. The summed E-state index contributed by atoms with van der Waals surface area (Å²) >= 11 is 1.32. The van der Waals surface area contributed by atoms with E-state index in [4.69, 9.17) is 4.74 Å². The number of benzene rings is 1. The van der Waals surface area contributed by atoms with Crippen molar-refractivity contribution < 1.29 is 14.3 Å². The molecule has 1 unspecified atom stereocenters. The fourth-order valence-corrected chi connectivity index (χ4v) is 3.71. The number of hydrogen-bond acceptors (Lipinski definition) is 5. The molecule has 0 fully saturated rings. The Morgan fingerprint density at radius 1 is 1.22 bits per heavy atom. The highest BCUT2D eigenvalue weighted by atomic mass is 32.1. The van der Waals surface area contributed by atoms with E-state index in [0.717, 1.165) is 27.0 Å². The Kier molecular flexibility index (Phi) is 5.18. The number of aryl methyl sites for hydroxylation is 3. The minimum atomic E-state index is -0.750. The molecule has 8 heteroatoms. The monoisotopic (exact) mass is 386 g/mol. The summed E-state index contributed by atoms with van der Waals surface area (Å²) in [6.07, 6.45) is -0.750. The van der Waals surface area contributed by atoms with Crippen LogP contribution in [0.4, 0.5) is 0 Å². The highest BCUT2D eigenvalue weighted by Crippen LogP contribution is 2.27. The average molecular weight is 386 g/mol. The highest BCUT2D eigenvalue weighted by Gasteiger charge is 2.19. The van der Waals surface area contributed by atoms with Crippen LogP contribution in [0.5, 0.6) is 5.75 Å². The van der Waals surface area contributed by atoms with Gasteiger partial charge in [0.05, 0.1) is 10.6 Å². The molecule has 0 spiro atoms. The molecule has 3 aromatic rings. The molecule has 0 bridgehead atoms. The number of thiophene rings is 1. The third-order valence-corrected chi connectivity index (χ3v) is 5.65. The van der Waals surface area contributed by atoms with Crippen molar-refractivity contribution in [2.75, 3.05) is 0 Å². The molecule has 0 saturated heterocycles. The summed E-state index contributed by atoms with van der Waals surface area (Å²) in [5.41, 5.74) is 7.80. The van der Waals surface area contributed by atoms with Crippen LogP contribution < -0.4 is 15.6 Å². The van der Waals surface area contributed by atoms with Crippen molar-refractivity contribution in [2.45, 2.75) is 33.8 Å². The Morgan fingerprint density at radius 2 is 1.96 bits per heavy atom. The quantitative estimate of drug-likeness (QED) is 0.675. The third kappa shape index (κ3) is 3.80. The molecule has 2 heterocycles. The first-order chi connectivity index (χ1) is 12.8. The van der Waals surface area contributed by atoms with Gasteiger partial charge < -0.3 is 4.74 Å². The first-order valence-corrected chi connectivity index (χ1v) is 9.35. The van der Waals surface area contributed by atoms with Crippen LogP contribution in [0, 0.1) is 20.8 Å². The lowest BCUT2D eigenvalue weighted by Crippen LogP contribution is -2.47. The minimum absolute atomic E-state index is 0.372. The van der Waals surface area contributed by atoms with E-state index in [1.807, 2.05) is 46.0 Å². The molecule has 27 heavy (non-hydrogen) atoms. The predicted octanol–water partition coefficient (Wildman–Crippen LogP) is 2.79. The SMILES string of the molecule is Cc1cccc(OC(C)C(=O)NNC(=O)c2cc3c(C)nn(C)c3s2)c1C. The summed E-state index contributed by atoms with van der Waals surface area (Å²) in [5.74, 6) is -0.150. The van der Waals surface area contributed by atoms with Crippen molar-refractivity contribution in [1.29, 1.82) is 0 Å². The average Bonchev–Trinajstić information content (AvgIpc) is 3.18. The van der Waals surface area contributed by atoms with E-state index in [9.17, 15) is 9.59 Å². The third-order valence-electron chi connectivity index (χ3n) is 4.45. The van der Waals surface area contributed by atoms with Crippen molar-refractivity contribution in [3.63, 3.8) is 0 Å². The number of hydrazine groups is 1. The molecule has 1 atom stereocenters. The number of amides is 2. The second-order valence-electron chi connectivity index (χ2n) is 6.44. The number of aromatic nitrogens is 2. The molecule has 2 aromatic heterocycles. The Morgan fingerprint density at radius 3 is 2.67 bits per heavy atom. The number of rotatable bonds is 4. The predicted molar refractivity (Wildman–Crippen MR) is 105 cm³/mol. The van der Waals surface area contributed by atoms with Crippen LogP contribution in [0.25, 0.3) is 10.2 Å². The summed E-state index contributed by atoms with van der Waals surface area (Å²) in [6, 6.07) is 7.45. The fourth-order valence-electron chi connectivity index (χ4n) is 2.69. The van der Waals surface area contributed by atoms with Gasteiger partial charge in [-0.3, -0.25) is 25.1 Å². The van der Waals surface area contributed by atoms with Gasteiger partial charge in [0, 0.05) is 12.4 Å². The van der Waals surface area contributed by atoms with Gasteiger partial charge >= 0.3 is 0 Å². The maximum Gasteiger partial charge on any atom is 0.279 e. The number of ether oxygens (including phenoxy) is 1. The minimum Gasteiger partial charge on any atom is -0.481 e. The van der Waals surface area contributed by atoms with E-state index < -0.39 is 12.0 Å². The highest BCUT2D eigenvalue weighted by molar-refractivity contribution is 7.20. The van der Waals surface area contributed by atoms with Crippen LogP contribution in [-0.2, 0) is 11.8 Å². The number of carbonyl (C=O) groups excluding carboxylic acids is 2. The van der Waals surface area contributed by atoms with E-state index in [1.165, 1.54) is 11.3 Å². The first kappa shape index (κ1) is 18.9. The summed E-state index contributed by atoms with van der Waals surface area (Å²) < 4.78 is 7.46. The van der Waals surface area contributed by atoms with Gasteiger partial charge in [-0.1, -0.05) is 12.1 Å². The molecular formula is C19H22N4O3S. The molecule has 0 aliphatic heterocycles. The van der Waals surface area contributed by atoms with E-state index >= 15 is 0 Å². The van der Waals surface area contributed by atoms with Gasteiger partial charge in [-0.05, 0) is 51.0 Å². The Balaban J connectivity index is 1.61. The Hall–Kier alpha value is -2.87. The van der Waals surface area contributed by atoms with Gasteiger partial charge in [0.15, 0.2) is 6.10 Å². The molecule has 2 amide bonds. The smallest absolute Gasteiger partial charge is 0.279 e. The summed E-state index contributed by atoms with van der Waals surface area (Å²) in [7, 11) is 1.83. The van der Waals surface area contributed by atoms with Crippen molar-refractivity contribution >= 4 is 33.4 Å². The maximum atomic E-state index is 12.3. The van der Waals surface area contributed by atoms with Crippen LogP contribution in [0.2, 0.25) is 0 Å². The zero-order valence-corrected chi connectivity index (χ0v) is 16.7. The number of fused-ring (bicyclic) bond motifs is 1. The number of hydrogen-bond donors (Lipinski definition) is 2. The molecule has 3 rings (SSSR count). The number of nitrogens with zero attached hydrogens (tertiary/aromatic N) is 2. The molecule has 7 nitrogen and oxygen atoms in total. The maximum absolute atomic E-state index is 12.3. The fraction of sp³-hybridized carbons (Fsp3) is 0.316. The molecule has 0 radical (unpaired) electrons. The topological polar surface area (TPSA) is 85.2 Å². The van der Waals surface area contributed by atoms with E-state index in [2.05, 4.69) is 16.0 Å². The van der Waals surface area contributed by atoms with E-state index in [0.29, 0.717) is 10.6 Å².